The molecule has 0 aromatic rings. The van der Waals surface area contributed by atoms with E-state index in [2.05, 4.69) is 23.7 Å². The summed E-state index contributed by atoms with van der Waals surface area (Å²) in [5.74, 6) is 5.45. The molecule has 0 atom stereocenters. The molecule has 14 heavy (non-hydrogen) atoms. The first kappa shape index (κ1) is 11.0. The molecule has 0 aliphatic heterocycles. The highest BCUT2D eigenvalue weighted by atomic mass is 15.2. The standard InChI is InChI=1S/C11H19N3/c12-9-8-11(14-13)10-6-4-2-1-3-5-7-10/h1-2,6,8,14H,3-5,7,9,12-13H2/b2-1-,10-6+,11-8-. The van der Waals surface area contributed by atoms with Crippen molar-refractivity contribution in [2.75, 3.05) is 6.54 Å². The van der Waals surface area contributed by atoms with Crippen LogP contribution < -0.4 is 17.0 Å². The molecule has 3 heteroatoms. The Labute approximate surface area is 85.5 Å². The van der Waals surface area contributed by atoms with Crippen molar-refractivity contribution >= 4 is 0 Å². The number of hydrogen-bond donors (Lipinski definition) is 3. The molecular weight excluding hydrogens is 174 g/mol. The first-order valence-electron chi connectivity index (χ1n) is 5.09. The second-order valence-electron chi connectivity index (χ2n) is 3.33. The summed E-state index contributed by atoms with van der Waals surface area (Å²) < 4.78 is 0. The van der Waals surface area contributed by atoms with Crippen molar-refractivity contribution in [1.29, 1.82) is 0 Å². The highest BCUT2D eigenvalue weighted by molar-refractivity contribution is 5.30. The van der Waals surface area contributed by atoms with Crippen LogP contribution in [0.15, 0.2) is 35.6 Å². The van der Waals surface area contributed by atoms with E-state index in [0.717, 1.165) is 25.0 Å². The molecule has 0 unspecified atom stereocenters. The minimum Gasteiger partial charge on any atom is -0.327 e. The van der Waals surface area contributed by atoms with Crippen LogP contribution in [0.5, 0.6) is 0 Å². The highest BCUT2D eigenvalue weighted by Gasteiger charge is 2.03. The number of hydrazine groups is 1. The van der Waals surface area contributed by atoms with Gasteiger partial charge in [0.1, 0.15) is 0 Å². The molecule has 78 valence electrons. The fourth-order valence-corrected chi connectivity index (χ4v) is 1.58. The van der Waals surface area contributed by atoms with Gasteiger partial charge in [-0.15, -0.1) is 0 Å². The third kappa shape index (κ3) is 3.36. The van der Waals surface area contributed by atoms with Crippen LogP contribution in [-0.4, -0.2) is 6.54 Å². The fourth-order valence-electron chi connectivity index (χ4n) is 1.58. The molecule has 0 heterocycles. The van der Waals surface area contributed by atoms with Gasteiger partial charge in [-0.1, -0.05) is 18.2 Å². The lowest BCUT2D eigenvalue weighted by atomic mass is 10.0. The molecule has 0 saturated heterocycles. The third-order valence-electron chi connectivity index (χ3n) is 2.31. The van der Waals surface area contributed by atoms with Gasteiger partial charge in [0.2, 0.25) is 0 Å². The molecule has 5 N–H and O–H groups in total. The summed E-state index contributed by atoms with van der Waals surface area (Å²) in [7, 11) is 0. The zero-order valence-electron chi connectivity index (χ0n) is 8.50. The van der Waals surface area contributed by atoms with Crippen molar-refractivity contribution in [1.82, 2.24) is 5.43 Å². The van der Waals surface area contributed by atoms with E-state index in [-0.39, 0.29) is 0 Å². The number of allylic oxidation sites excluding steroid dienone is 4. The van der Waals surface area contributed by atoms with Crippen molar-refractivity contribution < 1.29 is 0 Å². The van der Waals surface area contributed by atoms with E-state index in [1.54, 1.807) is 0 Å². The quantitative estimate of drug-likeness (QED) is 0.360. The normalized spacial score (nSPS) is 24.4. The molecule has 3 nitrogen and oxygen atoms in total. The largest absolute Gasteiger partial charge is 0.327 e. The Morgan fingerprint density at radius 3 is 3.07 bits per heavy atom. The van der Waals surface area contributed by atoms with Gasteiger partial charge in [0, 0.05) is 12.2 Å². The molecule has 1 aliphatic rings. The predicted molar refractivity (Wildman–Crippen MR) is 60.2 cm³/mol. The Balaban J connectivity index is 2.71. The van der Waals surface area contributed by atoms with Gasteiger partial charge in [-0.2, -0.15) is 0 Å². The maximum absolute atomic E-state index is 5.47. The van der Waals surface area contributed by atoms with Crippen LogP contribution in [0.2, 0.25) is 0 Å². The summed E-state index contributed by atoms with van der Waals surface area (Å²) in [6, 6.07) is 0. The average Bonchev–Trinajstić information content (AvgIpc) is 2.15. The van der Waals surface area contributed by atoms with Crippen LogP contribution >= 0.6 is 0 Å². The maximum Gasteiger partial charge on any atom is 0.0486 e. The summed E-state index contributed by atoms with van der Waals surface area (Å²) >= 11 is 0. The average molecular weight is 193 g/mol. The van der Waals surface area contributed by atoms with Crippen molar-refractivity contribution in [3.8, 4) is 0 Å². The minimum absolute atomic E-state index is 0.521. The van der Waals surface area contributed by atoms with Gasteiger partial charge in [0.25, 0.3) is 0 Å². The number of nitrogens with two attached hydrogens (primary N) is 2. The lowest BCUT2D eigenvalue weighted by Gasteiger charge is -2.12. The Morgan fingerprint density at radius 1 is 1.50 bits per heavy atom. The number of nitrogens with one attached hydrogen (secondary N) is 1. The first-order chi connectivity index (χ1) is 6.88. The van der Waals surface area contributed by atoms with E-state index in [4.69, 9.17) is 11.6 Å². The summed E-state index contributed by atoms with van der Waals surface area (Å²) in [5.41, 5.74) is 10.4. The molecule has 0 bridgehead atoms. The van der Waals surface area contributed by atoms with E-state index in [0.29, 0.717) is 6.54 Å². The first-order valence-corrected chi connectivity index (χ1v) is 5.09. The molecule has 0 aromatic heterocycles. The molecule has 0 amide bonds. The number of rotatable bonds is 3. The molecule has 1 rings (SSSR count). The smallest absolute Gasteiger partial charge is 0.0486 e. The van der Waals surface area contributed by atoms with Gasteiger partial charge in [0.05, 0.1) is 0 Å². The molecule has 0 spiro atoms. The summed E-state index contributed by atoms with van der Waals surface area (Å²) in [4.78, 5) is 0. The van der Waals surface area contributed by atoms with E-state index < -0.39 is 0 Å². The maximum atomic E-state index is 5.47. The Morgan fingerprint density at radius 2 is 2.36 bits per heavy atom. The van der Waals surface area contributed by atoms with Crippen LogP contribution in [0.3, 0.4) is 0 Å². The fraction of sp³-hybridized carbons (Fsp3) is 0.455. The SMILES string of the molecule is NC/C=C(NN)/C1=C/C/C=C\CCC1. The highest BCUT2D eigenvalue weighted by Crippen LogP contribution is 2.17. The van der Waals surface area contributed by atoms with Gasteiger partial charge >= 0.3 is 0 Å². The van der Waals surface area contributed by atoms with Crippen LogP contribution in [0.25, 0.3) is 0 Å². The summed E-state index contributed by atoms with van der Waals surface area (Å²) in [6.45, 7) is 0.521. The van der Waals surface area contributed by atoms with Gasteiger partial charge in [-0.25, -0.2) is 0 Å². The molecule has 0 saturated carbocycles. The third-order valence-corrected chi connectivity index (χ3v) is 2.31. The van der Waals surface area contributed by atoms with E-state index in [9.17, 15) is 0 Å². The Kier molecular flexibility index (Phi) is 5.04. The second-order valence-corrected chi connectivity index (χ2v) is 3.33. The Hall–Kier alpha value is -1.06. The van der Waals surface area contributed by atoms with Crippen LogP contribution in [0.4, 0.5) is 0 Å². The van der Waals surface area contributed by atoms with Crippen LogP contribution in [-0.2, 0) is 0 Å². The van der Waals surface area contributed by atoms with Gasteiger partial charge in [0.15, 0.2) is 0 Å². The van der Waals surface area contributed by atoms with E-state index in [1.807, 2.05) is 6.08 Å². The Bertz CT molecular complexity index is 251. The molecular formula is C11H19N3. The van der Waals surface area contributed by atoms with Gasteiger partial charge < -0.3 is 11.2 Å². The van der Waals surface area contributed by atoms with Gasteiger partial charge in [-0.3, -0.25) is 5.84 Å². The zero-order chi connectivity index (χ0) is 10.2. The van der Waals surface area contributed by atoms with Crippen molar-refractivity contribution in [2.45, 2.75) is 25.7 Å². The van der Waals surface area contributed by atoms with Crippen molar-refractivity contribution in [3.63, 3.8) is 0 Å². The lowest BCUT2D eigenvalue weighted by Crippen LogP contribution is -2.23. The topological polar surface area (TPSA) is 64.1 Å². The van der Waals surface area contributed by atoms with E-state index in [1.165, 1.54) is 12.0 Å². The van der Waals surface area contributed by atoms with E-state index >= 15 is 0 Å². The zero-order valence-corrected chi connectivity index (χ0v) is 8.50. The minimum atomic E-state index is 0.521. The molecule has 0 fully saturated rings. The van der Waals surface area contributed by atoms with Crippen molar-refractivity contribution in [3.05, 3.63) is 35.6 Å². The molecule has 0 radical (unpaired) electrons. The monoisotopic (exact) mass is 193 g/mol. The molecule has 1 aliphatic carbocycles. The van der Waals surface area contributed by atoms with Gasteiger partial charge in [-0.05, 0) is 37.3 Å². The van der Waals surface area contributed by atoms with Crippen LogP contribution in [0, 0.1) is 0 Å². The summed E-state index contributed by atoms with van der Waals surface area (Å²) in [6.07, 6.45) is 12.9. The molecule has 0 aromatic carbocycles. The second kappa shape index (κ2) is 6.40. The summed E-state index contributed by atoms with van der Waals surface area (Å²) in [5, 5.41) is 0. The predicted octanol–water partition coefficient (Wildman–Crippen LogP) is 1.35. The number of hydrogen-bond acceptors (Lipinski definition) is 3. The van der Waals surface area contributed by atoms with Crippen molar-refractivity contribution in [2.24, 2.45) is 11.6 Å². The van der Waals surface area contributed by atoms with Crippen LogP contribution in [0.1, 0.15) is 25.7 Å². The lowest BCUT2D eigenvalue weighted by molar-refractivity contribution is 0.785.